The number of pyridine rings is 1. The molecule has 0 radical (unpaired) electrons. The van der Waals surface area contributed by atoms with Crippen molar-refractivity contribution in [1.82, 2.24) is 10.3 Å². The average molecular weight is 490 g/mol. The van der Waals surface area contributed by atoms with Crippen molar-refractivity contribution in [1.29, 1.82) is 0 Å². The Balaban J connectivity index is 1.77. The van der Waals surface area contributed by atoms with Gasteiger partial charge in [-0.15, -0.1) is 0 Å². The molecule has 1 N–H and O–H groups in total. The molecule has 1 aromatic carbocycles. The number of carbonyl (C=O) groups is 1. The molecule has 2 atom stereocenters. The number of amides is 1. The van der Waals surface area contributed by atoms with Gasteiger partial charge >= 0.3 is 0 Å². The Morgan fingerprint density at radius 2 is 1.87 bits per heavy atom. The predicted molar refractivity (Wildman–Crippen MR) is 123 cm³/mol. The van der Waals surface area contributed by atoms with Gasteiger partial charge in [0.15, 0.2) is 0 Å². The van der Waals surface area contributed by atoms with Crippen molar-refractivity contribution in [2.45, 2.75) is 44.6 Å². The zero-order valence-corrected chi connectivity index (χ0v) is 19.9. The summed E-state index contributed by atoms with van der Waals surface area (Å²) in [4.78, 5) is 16.7. The highest BCUT2D eigenvalue weighted by atomic mass is 35.5. The van der Waals surface area contributed by atoms with Gasteiger partial charge in [-0.25, -0.2) is 4.98 Å². The van der Waals surface area contributed by atoms with Gasteiger partial charge in [-0.3, -0.25) is 4.79 Å². The van der Waals surface area contributed by atoms with Gasteiger partial charge < -0.3 is 10.1 Å². The summed E-state index contributed by atoms with van der Waals surface area (Å²) >= 11 is 24.1. The number of nitrogens with zero attached hydrogens (tertiary/aromatic N) is 1. The van der Waals surface area contributed by atoms with E-state index in [1.165, 1.54) is 5.56 Å². The average Bonchev–Trinajstić information content (AvgIpc) is 2.75. The van der Waals surface area contributed by atoms with Crippen LogP contribution in [0.15, 0.2) is 30.3 Å². The Hall–Kier alpha value is -1.04. The minimum Gasteiger partial charge on any atom is -0.378 e. The van der Waals surface area contributed by atoms with Crippen molar-refractivity contribution in [2.75, 3.05) is 13.2 Å². The van der Waals surface area contributed by atoms with Crippen molar-refractivity contribution in [3.63, 3.8) is 0 Å². The van der Waals surface area contributed by atoms with Crippen molar-refractivity contribution in [3.05, 3.63) is 61.8 Å². The first-order valence-electron chi connectivity index (χ1n) is 9.90. The van der Waals surface area contributed by atoms with Gasteiger partial charge in [0.05, 0.1) is 21.2 Å². The summed E-state index contributed by atoms with van der Waals surface area (Å²) in [5, 5.41) is 2.90. The number of halogens is 4. The summed E-state index contributed by atoms with van der Waals surface area (Å²) in [7, 11) is 0. The van der Waals surface area contributed by atoms with Gasteiger partial charge in [-0.1, -0.05) is 90.6 Å². The summed E-state index contributed by atoms with van der Waals surface area (Å²) < 4.78 is 6.01. The predicted octanol–water partition coefficient (Wildman–Crippen LogP) is 6.59. The van der Waals surface area contributed by atoms with E-state index in [0.29, 0.717) is 19.1 Å². The number of hydrogen-bond donors (Lipinski definition) is 1. The fourth-order valence-corrected chi connectivity index (χ4v) is 4.76. The van der Waals surface area contributed by atoms with Gasteiger partial charge in [-0.2, -0.15) is 0 Å². The fourth-order valence-electron chi connectivity index (χ4n) is 3.94. The van der Waals surface area contributed by atoms with Crippen LogP contribution in [0.4, 0.5) is 0 Å². The number of ether oxygens (including phenoxy) is 1. The molecule has 1 aliphatic rings. The summed E-state index contributed by atoms with van der Waals surface area (Å²) in [6.07, 6.45) is 2.75. The number of nitrogens with one attached hydrogen (secondary N) is 1. The highest BCUT2D eigenvalue weighted by Crippen LogP contribution is 2.42. The largest absolute Gasteiger partial charge is 0.378 e. The third-order valence-corrected chi connectivity index (χ3v) is 7.40. The summed E-state index contributed by atoms with van der Waals surface area (Å²) in [6, 6.07) is 10.4. The Bertz CT molecular complexity index is 908. The SMILES string of the molecule is CC(C)C1CC(CCNC(=O)c2nc(Cl)c(Cl)c(Cl)c2Cl)(c2ccccc2)CCO1. The minimum absolute atomic E-state index is 0.00715. The van der Waals surface area contributed by atoms with Crippen LogP contribution in [0.2, 0.25) is 20.2 Å². The van der Waals surface area contributed by atoms with E-state index in [2.05, 4.69) is 48.4 Å². The third-order valence-electron chi connectivity index (χ3n) is 5.72. The smallest absolute Gasteiger partial charge is 0.271 e. The van der Waals surface area contributed by atoms with Crippen LogP contribution in [-0.4, -0.2) is 30.1 Å². The number of rotatable bonds is 6. The quantitative estimate of drug-likeness (QED) is 0.465. The van der Waals surface area contributed by atoms with E-state index >= 15 is 0 Å². The molecule has 30 heavy (non-hydrogen) atoms. The molecule has 0 spiro atoms. The molecule has 1 amide bonds. The van der Waals surface area contributed by atoms with Crippen LogP contribution in [-0.2, 0) is 10.2 Å². The van der Waals surface area contributed by atoms with E-state index in [0.717, 1.165) is 19.3 Å². The first-order chi connectivity index (χ1) is 14.2. The normalized spacial score (nSPS) is 21.6. The second kappa shape index (κ2) is 10.1. The number of benzene rings is 1. The molecule has 0 saturated carbocycles. The molecular weight excluding hydrogens is 466 g/mol. The molecule has 2 aromatic rings. The molecule has 0 aliphatic carbocycles. The van der Waals surface area contributed by atoms with Crippen molar-refractivity contribution < 1.29 is 9.53 Å². The zero-order valence-electron chi connectivity index (χ0n) is 16.9. The summed E-state index contributed by atoms with van der Waals surface area (Å²) in [5.41, 5.74) is 1.16. The molecule has 1 saturated heterocycles. The lowest BCUT2D eigenvalue weighted by Gasteiger charge is -2.43. The lowest BCUT2D eigenvalue weighted by atomic mass is 9.68. The van der Waals surface area contributed by atoms with Crippen LogP contribution >= 0.6 is 46.4 Å². The maximum Gasteiger partial charge on any atom is 0.271 e. The van der Waals surface area contributed by atoms with E-state index in [-0.39, 0.29) is 37.4 Å². The van der Waals surface area contributed by atoms with Crippen LogP contribution in [0.3, 0.4) is 0 Å². The number of carbonyl (C=O) groups excluding carboxylic acids is 1. The highest BCUT2D eigenvalue weighted by Gasteiger charge is 2.39. The van der Waals surface area contributed by atoms with Gasteiger partial charge in [0.2, 0.25) is 0 Å². The first kappa shape index (κ1) is 23.6. The molecule has 1 fully saturated rings. The second-order valence-electron chi connectivity index (χ2n) is 7.95. The lowest BCUT2D eigenvalue weighted by molar-refractivity contribution is -0.0468. The highest BCUT2D eigenvalue weighted by molar-refractivity contribution is 6.52. The molecule has 8 heteroatoms. The van der Waals surface area contributed by atoms with Crippen molar-refractivity contribution in [2.24, 2.45) is 5.92 Å². The van der Waals surface area contributed by atoms with Gasteiger partial charge in [0, 0.05) is 18.6 Å². The van der Waals surface area contributed by atoms with Crippen LogP contribution < -0.4 is 5.32 Å². The van der Waals surface area contributed by atoms with Gasteiger partial charge in [-0.05, 0) is 30.7 Å². The number of hydrogen-bond acceptors (Lipinski definition) is 3. The van der Waals surface area contributed by atoms with Crippen molar-refractivity contribution >= 4 is 52.3 Å². The molecular formula is C22H24Cl4N2O2. The first-order valence-corrected chi connectivity index (χ1v) is 11.4. The molecule has 0 bridgehead atoms. The second-order valence-corrected chi connectivity index (χ2v) is 9.44. The summed E-state index contributed by atoms with van der Waals surface area (Å²) in [5.74, 6) is -0.0134. The monoisotopic (exact) mass is 488 g/mol. The van der Waals surface area contributed by atoms with E-state index in [1.54, 1.807) is 0 Å². The van der Waals surface area contributed by atoms with Crippen molar-refractivity contribution in [3.8, 4) is 0 Å². The lowest BCUT2D eigenvalue weighted by Crippen LogP contribution is -2.43. The zero-order chi connectivity index (χ0) is 21.9. The van der Waals surface area contributed by atoms with Gasteiger partial charge in [0.25, 0.3) is 5.91 Å². The standard InChI is InChI=1S/C22H24Cl4N2O2/c1-13(2)15-12-22(9-11-30-15,14-6-4-3-5-7-14)8-10-27-21(29)19-17(24)16(23)18(25)20(26)28-19/h3-7,13,15H,8-12H2,1-2H3,(H,27,29). The molecule has 162 valence electrons. The number of aromatic nitrogens is 1. The van der Waals surface area contributed by atoms with Gasteiger partial charge in [0.1, 0.15) is 10.8 Å². The Morgan fingerprint density at radius 3 is 2.53 bits per heavy atom. The van der Waals surface area contributed by atoms with Crippen LogP contribution in [0.1, 0.15) is 49.2 Å². The topological polar surface area (TPSA) is 51.2 Å². The Morgan fingerprint density at radius 1 is 1.17 bits per heavy atom. The Labute approximate surface area is 197 Å². The molecule has 1 aliphatic heterocycles. The van der Waals surface area contributed by atoms with Crippen LogP contribution in [0, 0.1) is 5.92 Å². The minimum atomic E-state index is -0.434. The maximum absolute atomic E-state index is 12.7. The molecule has 2 heterocycles. The van der Waals surface area contributed by atoms with Crippen LogP contribution in [0.5, 0.6) is 0 Å². The van der Waals surface area contributed by atoms with Crippen LogP contribution in [0.25, 0.3) is 0 Å². The van der Waals surface area contributed by atoms with E-state index < -0.39 is 5.91 Å². The van der Waals surface area contributed by atoms with E-state index in [9.17, 15) is 4.79 Å². The van der Waals surface area contributed by atoms with E-state index in [4.69, 9.17) is 51.1 Å². The fraction of sp³-hybridized carbons (Fsp3) is 0.455. The Kier molecular flexibility index (Phi) is 7.92. The maximum atomic E-state index is 12.7. The molecule has 3 rings (SSSR count). The molecule has 2 unspecified atom stereocenters. The summed E-state index contributed by atoms with van der Waals surface area (Å²) in [6.45, 7) is 5.50. The third kappa shape index (κ3) is 5.05. The van der Waals surface area contributed by atoms with E-state index in [1.807, 2.05) is 6.07 Å². The molecule has 1 aromatic heterocycles. The molecule has 4 nitrogen and oxygen atoms in total.